The van der Waals surface area contributed by atoms with Crippen LogP contribution in [0, 0.1) is 5.92 Å². The number of tetrazole rings is 1. The Balaban J connectivity index is 1.75. The molecule has 3 aromatic rings. The SMILES string of the molecule is CC(C)[C@@H](C(=O)O)N(CCCCCN=[N+]=[N-])Cc1ccc(-c2ccccc2-c2nn[nH]n2)cc1. The van der Waals surface area contributed by atoms with Crippen LogP contribution in [0.2, 0.25) is 0 Å². The maximum absolute atomic E-state index is 12.0. The van der Waals surface area contributed by atoms with Gasteiger partial charge in [-0.05, 0) is 52.7 Å². The predicted molar refractivity (Wildman–Crippen MR) is 130 cm³/mol. The summed E-state index contributed by atoms with van der Waals surface area (Å²) in [6, 6.07) is 15.5. The fourth-order valence-corrected chi connectivity index (χ4v) is 4.13. The van der Waals surface area contributed by atoms with Crippen molar-refractivity contribution < 1.29 is 9.90 Å². The Morgan fingerprint density at radius 2 is 1.85 bits per heavy atom. The average Bonchev–Trinajstić information content (AvgIpc) is 3.36. The zero-order valence-corrected chi connectivity index (χ0v) is 19.5. The number of azide groups is 1. The van der Waals surface area contributed by atoms with Crippen molar-refractivity contribution >= 4 is 5.97 Å². The lowest BCUT2D eigenvalue weighted by atomic mass is 9.97. The molecule has 178 valence electrons. The fourth-order valence-electron chi connectivity index (χ4n) is 4.13. The van der Waals surface area contributed by atoms with E-state index in [2.05, 4.69) is 30.7 Å². The van der Waals surface area contributed by atoms with Crippen molar-refractivity contribution in [3.63, 3.8) is 0 Å². The van der Waals surface area contributed by atoms with Crippen molar-refractivity contribution in [1.82, 2.24) is 25.5 Å². The highest BCUT2D eigenvalue weighted by Gasteiger charge is 2.28. The lowest BCUT2D eigenvalue weighted by molar-refractivity contribution is -0.145. The zero-order valence-electron chi connectivity index (χ0n) is 19.5. The van der Waals surface area contributed by atoms with Crippen molar-refractivity contribution in [3.8, 4) is 22.5 Å². The van der Waals surface area contributed by atoms with Gasteiger partial charge in [-0.2, -0.15) is 5.21 Å². The van der Waals surface area contributed by atoms with E-state index >= 15 is 0 Å². The number of aliphatic carboxylic acids is 1. The Hall–Kier alpha value is -3.75. The van der Waals surface area contributed by atoms with E-state index in [-0.39, 0.29) is 5.92 Å². The van der Waals surface area contributed by atoms with Crippen molar-refractivity contribution in [2.75, 3.05) is 13.1 Å². The van der Waals surface area contributed by atoms with Gasteiger partial charge in [-0.15, -0.1) is 10.2 Å². The fraction of sp³-hybridized carbons (Fsp3) is 0.417. The molecule has 0 fully saturated rings. The number of H-pyrrole nitrogens is 1. The highest BCUT2D eigenvalue weighted by Crippen LogP contribution is 2.30. The van der Waals surface area contributed by atoms with E-state index in [4.69, 9.17) is 5.53 Å². The summed E-state index contributed by atoms with van der Waals surface area (Å²) >= 11 is 0. The summed E-state index contributed by atoms with van der Waals surface area (Å²) in [5, 5.41) is 27.8. The molecule has 0 saturated carbocycles. The van der Waals surface area contributed by atoms with Crippen LogP contribution in [0.1, 0.15) is 38.7 Å². The first kappa shape index (κ1) is 24.9. The van der Waals surface area contributed by atoms with Crippen LogP contribution < -0.4 is 0 Å². The summed E-state index contributed by atoms with van der Waals surface area (Å²) in [7, 11) is 0. The summed E-state index contributed by atoms with van der Waals surface area (Å²) in [5.74, 6) is -0.302. The number of benzene rings is 2. The van der Waals surface area contributed by atoms with Gasteiger partial charge in [-0.3, -0.25) is 9.69 Å². The number of rotatable bonds is 13. The molecule has 0 radical (unpaired) electrons. The number of unbranched alkanes of at least 4 members (excludes halogenated alkanes) is 2. The molecule has 10 nitrogen and oxygen atoms in total. The van der Waals surface area contributed by atoms with Crippen molar-refractivity contribution in [2.45, 2.75) is 45.7 Å². The van der Waals surface area contributed by atoms with E-state index in [1.54, 1.807) is 0 Å². The molecule has 10 heteroatoms. The molecule has 0 unspecified atom stereocenters. The first-order chi connectivity index (χ1) is 16.5. The molecule has 0 bridgehead atoms. The zero-order chi connectivity index (χ0) is 24.3. The highest BCUT2D eigenvalue weighted by atomic mass is 16.4. The number of hydrogen-bond acceptors (Lipinski definition) is 6. The second-order valence-electron chi connectivity index (χ2n) is 8.49. The molecule has 0 aliphatic rings. The van der Waals surface area contributed by atoms with Crippen LogP contribution in [0.4, 0.5) is 0 Å². The molecule has 0 aliphatic heterocycles. The standard InChI is InChI=1S/C24H30N8O2/c1-17(2)22(24(33)34)32(15-7-3-6-14-26-29-25)16-18-10-12-19(13-11-18)20-8-4-5-9-21(20)23-27-30-31-28-23/h4-5,8-13,17,22H,3,6-7,14-16H2,1-2H3,(H,33,34)(H,27,28,30,31)/t22-/m0/s1. The van der Waals surface area contributed by atoms with Gasteiger partial charge in [0.2, 0.25) is 5.82 Å². The number of aromatic amines is 1. The molecule has 2 aromatic carbocycles. The van der Waals surface area contributed by atoms with Crippen LogP contribution >= 0.6 is 0 Å². The lowest BCUT2D eigenvalue weighted by Gasteiger charge is -2.31. The van der Waals surface area contributed by atoms with Gasteiger partial charge in [0, 0.05) is 23.6 Å². The van der Waals surface area contributed by atoms with Crippen molar-refractivity contribution in [2.24, 2.45) is 11.0 Å². The third-order valence-electron chi connectivity index (χ3n) is 5.71. The summed E-state index contributed by atoms with van der Waals surface area (Å²) in [6.45, 7) is 5.54. The van der Waals surface area contributed by atoms with Gasteiger partial charge in [0.25, 0.3) is 0 Å². The Labute approximate surface area is 198 Å². The van der Waals surface area contributed by atoms with Gasteiger partial charge >= 0.3 is 5.97 Å². The lowest BCUT2D eigenvalue weighted by Crippen LogP contribution is -2.44. The Bertz CT molecular complexity index is 1090. The number of carboxylic acids is 1. The van der Waals surface area contributed by atoms with Crippen LogP contribution in [0.25, 0.3) is 33.0 Å². The van der Waals surface area contributed by atoms with E-state index in [1.807, 2.05) is 67.3 Å². The molecule has 2 N–H and O–H groups in total. The smallest absolute Gasteiger partial charge is 0.321 e. The van der Waals surface area contributed by atoms with Gasteiger partial charge in [0.15, 0.2) is 0 Å². The summed E-state index contributed by atoms with van der Waals surface area (Å²) in [5.41, 5.74) is 12.3. The van der Waals surface area contributed by atoms with E-state index in [0.29, 0.717) is 25.5 Å². The molecule has 34 heavy (non-hydrogen) atoms. The quantitative estimate of drug-likeness (QED) is 0.160. The van der Waals surface area contributed by atoms with Gasteiger partial charge in [-0.25, -0.2) is 0 Å². The first-order valence-corrected chi connectivity index (χ1v) is 11.4. The minimum absolute atomic E-state index is 0.0261. The molecule has 3 rings (SSSR count). The molecule has 0 aliphatic carbocycles. The number of aromatic nitrogens is 4. The van der Waals surface area contributed by atoms with Crippen LogP contribution in [-0.2, 0) is 11.3 Å². The first-order valence-electron chi connectivity index (χ1n) is 11.4. The van der Waals surface area contributed by atoms with E-state index in [9.17, 15) is 9.90 Å². The molecule has 0 saturated heterocycles. The minimum Gasteiger partial charge on any atom is -0.480 e. The topological polar surface area (TPSA) is 144 Å². The normalized spacial score (nSPS) is 12.0. The maximum atomic E-state index is 12.0. The Kier molecular flexibility index (Phi) is 9.13. The second-order valence-corrected chi connectivity index (χ2v) is 8.49. The summed E-state index contributed by atoms with van der Waals surface area (Å²) < 4.78 is 0. The van der Waals surface area contributed by atoms with E-state index in [1.165, 1.54) is 0 Å². The molecular formula is C24H30N8O2. The van der Waals surface area contributed by atoms with E-state index in [0.717, 1.165) is 41.5 Å². The summed E-state index contributed by atoms with van der Waals surface area (Å²) in [4.78, 5) is 16.8. The number of nitrogens with zero attached hydrogens (tertiary/aromatic N) is 7. The molecule has 1 heterocycles. The van der Waals surface area contributed by atoms with Crippen molar-refractivity contribution in [1.29, 1.82) is 0 Å². The minimum atomic E-state index is -0.810. The number of carboxylic acid groups (broad SMARTS) is 1. The predicted octanol–water partition coefficient (Wildman–Crippen LogP) is 4.93. The second kappa shape index (κ2) is 12.5. The molecule has 0 amide bonds. The largest absolute Gasteiger partial charge is 0.480 e. The van der Waals surface area contributed by atoms with Gasteiger partial charge < -0.3 is 5.11 Å². The molecule has 0 spiro atoms. The Morgan fingerprint density at radius 3 is 2.47 bits per heavy atom. The van der Waals surface area contributed by atoms with Crippen LogP contribution in [-0.4, -0.2) is 55.7 Å². The van der Waals surface area contributed by atoms with Gasteiger partial charge in [-0.1, -0.05) is 73.9 Å². The third kappa shape index (κ3) is 6.63. The molecular weight excluding hydrogens is 432 g/mol. The average molecular weight is 463 g/mol. The number of carbonyl (C=O) groups is 1. The molecule has 1 aromatic heterocycles. The third-order valence-corrected chi connectivity index (χ3v) is 5.71. The van der Waals surface area contributed by atoms with Crippen LogP contribution in [0.3, 0.4) is 0 Å². The van der Waals surface area contributed by atoms with E-state index < -0.39 is 12.0 Å². The monoisotopic (exact) mass is 462 g/mol. The van der Waals surface area contributed by atoms with Crippen LogP contribution in [0.5, 0.6) is 0 Å². The number of hydrogen-bond donors (Lipinski definition) is 2. The maximum Gasteiger partial charge on any atom is 0.321 e. The number of nitrogens with one attached hydrogen (secondary N) is 1. The highest BCUT2D eigenvalue weighted by molar-refractivity contribution is 5.80. The van der Waals surface area contributed by atoms with Crippen molar-refractivity contribution in [3.05, 3.63) is 64.5 Å². The summed E-state index contributed by atoms with van der Waals surface area (Å²) in [6.07, 6.45) is 2.52. The van der Waals surface area contributed by atoms with Gasteiger partial charge in [0.1, 0.15) is 6.04 Å². The van der Waals surface area contributed by atoms with Gasteiger partial charge in [0.05, 0.1) is 0 Å². The van der Waals surface area contributed by atoms with Crippen LogP contribution in [0.15, 0.2) is 53.6 Å². The Morgan fingerprint density at radius 1 is 1.12 bits per heavy atom. The molecule has 1 atom stereocenters.